The first-order valence-electron chi connectivity index (χ1n) is 6.03. The third kappa shape index (κ3) is 6.33. The maximum Gasteiger partial charge on any atom is 0.159 e. The number of halogens is 2. The number of hydrogen-bond acceptors (Lipinski definition) is 3. The summed E-state index contributed by atoms with van der Waals surface area (Å²) >= 11 is 1.53. The second-order valence-corrected chi connectivity index (χ2v) is 5.50. The topological polar surface area (TPSA) is 15.3 Å². The van der Waals surface area contributed by atoms with E-state index in [1.54, 1.807) is 6.07 Å². The van der Waals surface area contributed by atoms with Crippen molar-refractivity contribution in [2.75, 3.05) is 39.5 Å². The molecule has 1 aromatic carbocycles. The largest absolute Gasteiger partial charge is 0.316 e. The Balaban J connectivity index is 2.09. The van der Waals surface area contributed by atoms with E-state index in [4.69, 9.17) is 0 Å². The maximum atomic E-state index is 12.9. The zero-order valence-corrected chi connectivity index (χ0v) is 11.7. The number of nitrogens with one attached hydrogen (secondary N) is 1. The number of thioether (sulfide) groups is 1. The summed E-state index contributed by atoms with van der Waals surface area (Å²) in [6.07, 6.45) is 1.11. The van der Waals surface area contributed by atoms with Gasteiger partial charge in [-0.2, -0.15) is 0 Å². The quantitative estimate of drug-likeness (QED) is 0.579. The van der Waals surface area contributed by atoms with Gasteiger partial charge in [-0.1, -0.05) is 0 Å². The summed E-state index contributed by atoms with van der Waals surface area (Å²) in [5.41, 5.74) is 0. The number of rotatable bonds is 8. The molecule has 0 radical (unpaired) electrons. The van der Waals surface area contributed by atoms with E-state index >= 15 is 0 Å². The molecule has 1 aromatic rings. The normalized spacial score (nSPS) is 11.2. The molecule has 0 fully saturated rings. The van der Waals surface area contributed by atoms with Gasteiger partial charge in [0.1, 0.15) is 0 Å². The van der Waals surface area contributed by atoms with Crippen LogP contribution in [-0.4, -0.2) is 44.4 Å². The van der Waals surface area contributed by atoms with Crippen LogP contribution >= 0.6 is 11.8 Å². The molecule has 0 aliphatic rings. The lowest BCUT2D eigenvalue weighted by Crippen LogP contribution is -2.23. The van der Waals surface area contributed by atoms with E-state index in [0.717, 1.165) is 36.7 Å². The summed E-state index contributed by atoms with van der Waals surface area (Å²) in [6.45, 7) is 2.93. The Morgan fingerprint density at radius 1 is 1.17 bits per heavy atom. The van der Waals surface area contributed by atoms with Crippen LogP contribution in [-0.2, 0) is 0 Å². The number of nitrogens with zero attached hydrogens (tertiary/aromatic N) is 1. The smallest absolute Gasteiger partial charge is 0.159 e. The molecule has 0 saturated heterocycles. The molecular weight excluding hydrogens is 254 g/mol. The number of benzene rings is 1. The van der Waals surface area contributed by atoms with Gasteiger partial charge in [0.25, 0.3) is 0 Å². The van der Waals surface area contributed by atoms with Crippen LogP contribution in [0.2, 0.25) is 0 Å². The Morgan fingerprint density at radius 2 is 1.94 bits per heavy atom. The Kier molecular flexibility index (Phi) is 7.23. The van der Waals surface area contributed by atoms with Crippen molar-refractivity contribution in [2.45, 2.75) is 11.3 Å². The van der Waals surface area contributed by atoms with Gasteiger partial charge < -0.3 is 10.2 Å². The van der Waals surface area contributed by atoms with E-state index in [1.165, 1.54) is 23.9 Å². The predicted octanol–water partition coefficient (Wildman–Crippen LogP) is 2.60. The summed E-state index contributed by atoms with van der Waals surface area (Å²) in [6, 6.07) is 4.02. The summed E-state index contributed by atoms with van der Waals surface area (Å²) in [5.74, 6) is -0.715. The SMILES string of the molecule is CN(C)CCCNCCSc1ccc(F)c(F)c1. The lowest BCUT2D eigenvalue weighted by Gasteiger charge is -2.09. The molecule has 18 heavy (non-hydrogen) atoms. The van der Waals surface area contributed by atoms with Gasteiger partial charge in [0.2, 0.25) is 0 Å². The predicted molar refractivity (Wildman–Crippen MR) is 73.1 cm³/mol. The Labute approximate surface area is 112 Å². The second kappa shape index (κ2) is 8.45. The van der Waals surface area contributed by atoms with Crippen molar-refractivity contribution in [2.24, 2.45) is 0 Å². The van der Waals surface area contributed by atoms with Crippen LogP contribution in [0.3, 0.4) is 0 Å². The average molecular weight is 274 g/mol. The third-order valence-electron chi connectivity index (χ3n) is 2.40. The monoisotopic (exact) mass is 274 g/mol. The van der Waals surface area contributed by atoms with Crippen molar-refractivity contribution >= 4 is 11.8 Å². The molecule has 0 aliphatic heterocycles. The lowest BCUT2D eigenvalue weighted by atomic mass is 10.3. The molecule has 1 rings (SSSR count). The van der Waals surface area contributed by atoms with Crippen molar-refractivity contribution in [1.82, 2.24) is 10.2 Å². The second-order valence-electron chi connectivity index (χ2n) is 4.33. The molecule has 0 atom stereocenters. The van der Waals surface area contributed by atoms with Gasteiger partial charge in [0, 0.05) is 17.2 Å². The molecule has 0 bridgehead atoms. The highest BCUT2D eigenvalue weighted by atomic mass is 32.2. The Bertz CT molecular complexity index is 359. The molecule has 102 valence electrons. The molecule has 0 saturated carbocycles. The molecule has 0 heterocycles. The minimum Gasteiger partial charge on any atom is -0.316 e. The summed E-state index contributed by atoms with van der Waals surface area (Å²) in [5, 5.41) is 3.32. The minimum atomic E-state index is -0.791. The lowest BCUT2D eigenvalue weighted by molar-refractivity contribution is 0.396. The summed E-state index contributed by atoms with van der Waals surface area (Å²) < 4.78 is 25.6. The third-order valence-corrected chi connectivity index (χ3v) is 3.39. The van der Waals surface area contributed by atoms with E-state index < -0.39 is 11.6 Å². The highest BCUT2D eigenvalue weighted by Gasteiger charge is 2.02. The van der Waals surface area contributed by atoms with E-state index in [1.807, 2.05) is 0 Å². The van der Waals surface area contributed by atoms with Gasteiger partial charge in [-0.15, -0.1) is 11.8 Å². The van der Waals surface area contributed by atoms with Gasteiger partial charge in [0.15, 0.2) is 11.6 Å². The Morgan fingerprint density at radius 3 is 2.61 bits per heavy atom. The minimum absolute atomic E-state index is 0.768. The van der Waals surface area contributed by atoms with Gasteiger partial charge in [0.05, 0.1) is 0 Å². The van der Waals surface area contributed by atoms with E-state index in [-0.39, 0.29) is 0 Å². The van der Waals surface area contributed by atoms with Crippen LogP contribution in [0.15, 0.2) is 23.1 Å². The highest BCUT2D eigenvalue weighted by molar-refractivity contribution is 7.99. The molecule has 0 unspecified atom stereocenters. The number of hydrogen-bond donors (Lipinski definition) is 1. The van der Waals surface area contributed by atoms with Crippen LogP contribution < -0.4 is 5.32 Å². The van der Waals surface area contributed by atoms with Gasteiger partial charge in [-0.3, -0.25) is 0 Å². The van der Waals surface area contributed by atoms with Crippen molar-refractivity contribution in [3.05, 3.63) is 29.8 Å². The van der Waals surface area contributed by atoms with Gasteiger partial charge in [-0.05, 0) is 51.8 Å². The van der Waals surface area contributed by atoms with Crippen molar-refractivity contribution in [3.8, 4) is 0 Å². The van der Waals surface area contributed by atoms with Crippen LogP contribution in [0.1, 0.15) is 6.42 Å². The zero-order valence-electron chi connectivity index (χ0n) is 10.9. The van der Waals surface area contributed by atoms with Crippen molar-refractivity contribution in [3.63, 3.8) is 0 Å². The molecule has 0 aliphatic carbocycles. The van der Waals surface area contributed by atoms with Crippen LogP contribution in [0.25, 0.3) is 0 Å². The summed E-state index contributed by atoms with van der Waals surface area (Å²) in [7, 11) is 4.11. The fourth-order valence-corrected chi connectivity index (χ4v) is 2.29. The van der Waals surface area contributed by atoms with Gasteiger partial charge in [-0.25, -0.2) is 8.78 Å². The molecular formula is C13H20F2N2S. The van der Waals surface area contributed by atoms with Gasteiger partial charge >= 0.3 is 0 Å². The summed E-state index contributed by atoms with van der Waals surface area (Å²) in [4.78, 5) is 2.92. The van der Waals surface area contributed by atoms with E-state index in [0.29, 0.717) is 0 Å². The fraction of sp³-hybridized carbons (Fsp3) is 0.538. The average Bonchev–Trinajstić information content (AvgIpc) is 2.32. The van der Waals surface area contributed by atoms with Crippen LogP contribution in [0.5, 0.6) is 0 Å². The molecule has 0 amide bonds. The van der Waals surface area contributed by atoms with E-state index in [2.05, 4.69) is 24.3 Å². The molecule has 0 aromatic heterocycles. The first kappa shape index (κ1) is 15.4. The van der Waals surface area contributed by atoms with Crippen molar-refractivity contribution in [1.29, 1.82) is 0 Å². The molecule has 2 nitrogen and oxygen atoms in total. The van der Waals surface area contributed by atoms with Crippen molar-refractivity contribution < 1.29 is 8.78 Å². The maximum absolute atomic E-state index is 12.9. The van der Waals surface area contributed by atoms with Crippen LogP contribution in [0, 0.1) is 11.6 Å². The Hall–Kier alpha value is -0.650. The molecule has 5 heteroatoms. The zero-order chi connectivity index (χ0) is 13.4. The highest BCUT2D eigenvalue weighted by Crippen LogP contribution is 2.19. The molecule has 0 spiro atoms. The first-order chi connectivity index (χ1) is 8.59. The first-order valence-corrected chi connectivity index (χ1v) is 7.01. The standard InChI is InChI=1S/C13H20F2N2S/c1-17(2)8-3-6-16-7-9-18-11-4-5-12(14)13(15)10-11/h4-5,10,16H,3,6-9H2,1-2H3. The van der Waals surface area contributed by atoms with E-state index in [9.17, 15) is 8.78 Å². The molecule has 1 N–H and O–H groups in total. The van der Waals surface area contributed by atoms with Crippen LogP contribution in [0.4, 0.5) is 8.78 Å². The fourth-order valence-electron chi connectivity index (χ4n) is 1.45.